The topological polar surface area (TPSA) is 26.3 Å². The lowest BCUT2D eigenvalue weighted by Gasteiger charge is -2.58. The first kappa shape index (κ1) is 10.1. The standard InChI is InChI=1S/C12H17BrO2/c1-15-10(14)11-3-8-2-9(4-11)6-12(13,5-8)7-11/h8-9H,2-7H2,1H3/t8-,9-,11?,12?/m1/s1. The quantitative estimate of drug-likeness (QED) is 0.542. The molecule has 0 radical (unpaired) electrons. The normalized spacial score (nSPS) is 51.9. The van der Waals surface area contributed by atoms with E-state index in [1.54, 1.807) is 0 Å². The minimum atomic E-state index is -0.137. The van der Waals surface area contributed by atoms with Gasteiger partial charge in [0.1, 0.15) is 0 Å². The lowest BCUT2D eigenvalue weighted by molar-refractivity contribution is -0.166. The van der Waals surface area contributed by atoms with Crippen molar-refractivity contribution in [1.29, 1.82) is 0 Å². The number of halogens is 1. The largest absolute Gasteiger partial charge is 0.469 e. The van der Waals surface area contributed by atoms with Crippen molar-refractivity contribution in [3.05, 3.63) is 0 Å². The molecule has 4 rings (SSSR count). The molecule has 4 saturated carbocycles. The third kappa shape index (κ3) is 1.38. The van der Waals surface area contributed by atoms with Gasteiger partial charge in [-0.15, -0.1) is 0 Å². The molecule has 4 aliphatic carbocycles. The molecule has 3 heteroatoms. The predicted molar refractivity (Wildman–Crippen MR) is 60.8 cm³/mol. The molecule has 0 unspecified atom stereocenters. The molecule has 4 bridgehead atoms. The Bertz CT molecular complexity index is 299. The Labute approximate surface area is 98.9 Å². The molecule has 0 amide bonds. The smallest absolute Gasteiger partial charge is 0.311 e. The van der Waals surface area contributed by atoms with Crippen LogP contribution in [-0.2, 0) is 9.53 Å². The van der Waals surface area contributed by atoms with Crippen LogP contribution >= 0.6 is 15.9 Å². The highest BCUT2D eigenvalue weighted by Gasteiger charge is 2.60. The number of rotatable bonds is 1. The summed E-state index contributed by atoms with van der Waals surface area (Å²) in [6.07, 6.45) is 7.02. The summed E-state index contributed by atoms with van der Waals surface area (Å²) in [4.78, 5) is 12.0. The van der Waals surface area contributed by atoms with E-state index < -0.39 is 0 Å². The average Bonchev–Trinajstić information content (AvgIpc) is 2.12. The lowest BCUT2D eigenvalue weighted by Crippen LogP contribution is -2.56. The molecule has 2 nitrogen and oxygen atoms in total. The Morgan fingerprint density at radius 3 is 2.33 bits per heavy atom. The van der Waals surface area contributed by atoms with E-state index in [0.29, 0.717) is 0 Å². The molecule has 0 aromatic rings. The van der Waals surface area contributed by atoms with Crippen LogP contribution < -0.4 is 0 Å². The second kappa shape index (κ2) is 2.99. The van der Waals surface area contributed by atoms with Crippen molar-refractivity contribution in [1.82, 2.24) is 0 Å². The zero-order valence-electron chi connectivity index (χ0n) is 9.09. The minimum Gasteiger partial charge on any atom is -0.469 e. The highest BCUT2D eigenvalue weighted by atomic mass is 79.9. The number of alkyl halides is 1. The molecule has 0 aliphatic heterocycles. The van der Waals surface area contributed by atoms with Gasteiger partial charge in [0.2, 0.25) is 0 Å². The third-order valence-corrected chi connectivity index (χ3v) is 5.54. The van der Waals surface area contributed by atoms with E-state index in [1.807, 2.05) is 0 Å². The molecule has 84 valence electrons. The van der Waals surface area contributed by atoms with Gasteiger partial charge in [0.15, 0.2) is 0 Å². The minimum absolute atomic E-state index is 0.0421. The van der Waals surface area contributed by atoms with E-state index in [9.17, 15) is 4.79 Å². The summed E-state index contributed by atoms with van der Waals surface area (Å²) < 4.78 is 5.28. The Morgan fingerprint density at radius 2 is 1.87 bits per heavy atom. The first-order valence-electron chi connectivity index (χ1n) is 5.83. The molecule has 4 fully saturated rings. The molecular formula is C12H17BrO2. The summed E-state index contributed by atoms with van der Waals surface area (Å²) in [6.45, 7) is 0. The molecular weight excluding hydrogens is 256 g/mol. The van der Waals surface area contributed by atoms with E-state index in [2.05, 4.69) is 15.9 Å². The number of methoxy groups -OCH3 is 1. The van der Waals surface area contributed by atoms with Crippen molar-refractivity contribution in [3.8, 4) is 0 Å². The molecule has 0 spiro atoms. The lowest BCUT2D eigenvalue weighted by atomic mass is 9.49. The first-order chi connectivity index (χ1) is 7.05. The summed E-state index contributed by atoms with van der Waals surface area (Å²) in [6, 6.07) is 0. The third-order valence-electron chi connectivity index (χ3n) is 4.61. The van der Waals surface area contributed by atoms with Crippen molar-refractivity contribution >= 4 is 21.9 Å². The SMILES string of the molecule is COC(=O)C12C[C@H]3C[C@@H](CC(Br)(C3)C1)C2. The molecule has 0 N–H and O–H groups in total. The van der Waals surface area contributed by atoms with Crippen molar-refractivity contribution in [2.75, 3.05) is 7.11 Å². The Balaban J connectivity index is 1.96. The number of hydrogen-bond acceptors (Lipinski definition) is 2. The fraction of sp³-hybridized carbons (Fsp3) is 0.917. The van der Waals surface area contributed by atoms with Crippen LogP contribution in [0, 0.1) is 17.3 Å². The van der Waals surface area contributed by atoms with Crippen LogP contribution in [0.4, 0.5) is 0 Å². The number of esters is 1. The molecule has 0 aromatic heterocycles. The van der Waals surface area contributed by atoms with Crippen LogP contribution in [0.25, 0.3) is 0 Å². The van der Waals surface area contributed by atoms with Gasteiger partial charge >= 0.3 is 5.97 Å². The molecule has 0 heterocycles. The van der Waals surface area contributed by atoms with Crippen LogP contribution in [0.1, 0.15) is 38.5 Å². The van der Waals surface area contributed by atoms with Gasteiger partial charge in [-0.3, -0.25) is 4.79 Å². The second-order valence-corrected chi connectivity index (χ2v) is 7.57. The van der Waals surface area contributed by atoms with E-state index in [1.165, 1.54) is 26.4 Å². The van der Waals surface area contributed by atoms with Gasteiger partial charge in [-0.25, -0.2) is 0 Å². The fourth-order valence-electron chi connectivity index (χ4n) is 4.61. The molecule has 0 saturated heterocycles. The Hall–Kier alpha value is -0.0500. The van der Waals surface area contributed by atoms with Crippen LogP contribution in [0.3, 0.4) is 0 Å². The Morgan fingerprint density at radius 1 is 1.27 bits per heavy atom. The number of hydrogen-bond donors (Lipinski definition) is 0. The zero-order chi connectivity index (χ0) is 10.7. The van der Waals surface area contributed by atoms with Gasteiger partial charge in [0, 0.05) is 4.32 Å². The van der Waals surface area contributed by atoms with Crippen LogP contribution in [0.2, 0.25) is 0 Å². The summed E-state index contributed by atoms with van der Waals surface area (Å²) in [5, 5.41) is 0. The fourth-order valence-corrected chi connectivity index (χ4v) is 6.06. The van der Waals surface area contributed by atoms with Crippen LogP contribution in [0.15, 0.2) is 0 Å². The van der Waals surface area contributed by atoms with E-state index in [0.717, 1.165) is 31.1 Å². The van der Waals surface area contributed by atoms with Gasteiger partial charge in [0.25, 0.3) is 0 Å². The number of carbonyl (C=O) groups is 1. The summed E-state index contributed by atoms with van der Waals surface area (Å²) in [5.74, 6) is 1.55. The summed E-state index contributed by atoms with van der Waals surface area (Å²) in [5.41, 5.74) is -0.137. The predicted octanol–water partition coefficient (Wildman–Crippen LogP) is 2.89. The maximum atomic E-state index is 12.0. The van der Waals surface area contributed by atoms with Gasteiger partial charge < -0.3 is 4.74 Å². The highest BCUT2D eigenvalue weighted by Crippen LogP contribution is 2.64. The van der Waals surface area contributed by atoms with Crippen molar-refractivity contribution in [2.24, 2.45) is 17.3 Å². The van der Waals surface area contributed by atoms with Crippen molar-refractivity contribution in [2.45, 2.75) is 42.8 Å². The molecule has 4 aliphatic rings. The van der Waals surface area contributed by atoms with Crippen LogP contribution in [-0.4, -0.2) is 17.4 Å². The van der Waals surface area contributed by atoms with Gasteiger partial charge in [-0.05, 0) is 50.4 Å². The number of carbonyl (C=O) groups excluding carboxylic acids is 1. The van der Waals surface area contributed by atoms with Gasteiger partial charge in [-0.1, -0.05) is 15.9 Å². The maximum absolute atomic E-state index is 12.0. The van der Waals surface area contributed by atoms with Gasteiger partial charge in [0.05, 0.1) is 12.5 Å². The maximum Gasteiger partial charge on any atom is 0.311 e. The van der Waals surface area contributed by atoms with Crippen LogP contribution in [0.5, 0.6) is 0 Å². The van der Waals surface area contributed by atoms with E-state index in [-0.39, 0.29) is 15.7 Å². The number of ether oxygens (including phenoxy) is 1. The average molecular weight is 273 g/mol. The van der Waals surface area contributed by atoms with Crippen molar-refractivity contribution < 1.29 is 9.53 Å². The first-order valence-corrected chi connectivity index (χ1v) is 6.62. The summed E-state index contributed by atoms with van der Waals surface area (Å²) in [7, 11) is 1.53. The molecule has 15 heavy (non-hydrogen) atoms. The summed E-state index contributed by atoms with van der Waals surface area (Å²) >= 11 is 3.88. The van der Waals surface area contributed by atoms with E-state index >= 15 is 0 Å². The molecule has 2 atom stereocenters. The highest BCUT2D eigenvalue weighted by molar-refractivity contribution is 9.10. The Kier molecular flexibility index (Phi) is 2.02. The zero-order valence-corrected chi connectivity index (χ0v) is 10.7. The molecule has 0 aromatic carbocycles. The van der Waals surface area contributed by atoms with E-state index in [4.69, 9.17) is 4.74 Å². The van der Waals surface area contributed by atoms with Gasteiger partial charge in [-0.2, -0.15) is 0 Å². The second-order valence-electron chi connectivity index (χ2n) is 5.88. The van der Waals surface area contributed by atoms with Crippen molar-refractivity contribution in [3.63, 3.8) is 0 Å². The monoisotopic (exact) mass is 272 g/mol.